The molecule has 0 bridgehead atoms. The summed E-state index contributed by atoms with van der Waals surface area (Å²) in [6.07, 6.45) is 0.987. The average Bonchev–Trinajstić information content (AvgIpc) is 2.66. The normalized spacial score (nSPS) is 11.0. The zero-order valence-corrected chi connectivity index (χ0v) is 17.6. The van der Waals surface area contributed by atoms with Gasteiger partial charge in [-0.15, -0.1) is 0 Å². The second kappa shape index (κ2) is 10.2. The van der Waals surface area contributed by atoms with E-state index in [1.807, 2.05) is 0 Å². The molecule has 2 N–H and O–H groups in total. The van der Waals surface area contributed by atoms with E-state index in [-0.39, 0.29) is 27.9 Å². The van der Waals surface area contributed by atoms with E-state index < -0.39 is 22.5 Å². The van der Waals surface area contributed by atoms with Crippen LogP contribution in [0.3, 0.4) is 0 Å². The van der Waals surface area contributed by atoms with Crippen LogP contribution in [0.15, 0.2) is 48.5 Å². The van der Waals surface area contributed by atoms with Crippen molar-refractivity contribution in [3.05, 3.63) is 59.1 Å². The summed E-state index contributed by atoms with van der Waals surface area (Å²) in [6, 6.07) is 12.8. The van der Waals surface area contributed by atoms with Crippen molar-refractivity contribution in [1.29, 1.82) is 0 Å². The van der Waals surface area contributed by atoms with Crippen molar-refractivity contribution in [2.24, 2.45) is 0 Å². The van der Waals surface area contributed by atoms with Gasteiger partial charge in [0.1, 0.15) is 6.54 Å². The molecule has 156 valence electrons. The number of amides is 2. The Labute approximate surface area is 174 Å². The van der Waals surface area contributed by atoms with Crippen LogP contribution in [0.4, 0.5) is 11.4 Å². The van der Waals surface area contributed by atoms with Crippen LogP contribution in [-0.2, 0) is 19.6 Å². The Morgan fingerprint density at radius 3 is 2.41 bits per heavy atom. The maximum atomic E-state index is 12.6. The summed E-state index contributed by atoms with van der Waals surface area (Å²) >= 11 is 6.09. The molecule has 0 radical (unpaired) electrons. The monoisotopic (exact) mass is 439 g/mol. The number of hydrogen-bond donors (Lipinski definition) is 2. The molecule has 0 aromatic heterocycles. The predicted octanol–water partition coefficient (Wildman–Crippen LogP) is 2.12. The number of anilines is 2. The molecule has 0 saturated heterocycles. The minimum atomic E-state index is -3.77. The lowest BCUT2D eigenvalue weighted by Gasteiger charge is -2.23. The van der Waals surface area contributed by atoms with Crippen molar-refractivity contribution < 1.29 is 22.7 Å². The van der Waals surface area contributed by atoms with Gasteiger partial charge in [0.15, 0.2) is 0 Å². The van der Waals surface area contributed by atoms with Gasteiger partial charge < -0.3 is 15.4 Å². The minimum Gasteiger partial charge on any atom is -0.383 e. The Hall–Kier alpha value is -2.62. The number of hydrogen-bond acceptors (Lipinski definition) is 5. The molecule has 8 nitrogen and oxygen atoms in total. The summed E-state index contributed by atoms with van der Waals surface area (Å²) < 4.78 is 30.2. The number of nitrogens with zero attached hydrogens (tertiary/aromatic N) is 1. The fourth-order valence-electron chi connectivity index (χ4n) is 2.51. The first-order valence-corrected chi connectivity index (χ1v) is 10.8. The van der Waals surface area contributed by atoms with Gasteiger partial charge >= 0.3 is 0 Å². The summed E-state index contributed by atoms with van der Waals surface area (Å²) in [4.78, 5) is 24.9. The van der Waals surface area contributed by atoms with Crippen LogP contribution in [0.1, 0.15) is 10.4 Å². The molecule has 0 fully saturated rings. The van der Waals surface area contributed by atoms with Gasteiger partial charge in [0.2, 0.25) is 15.9 Å². The highest BCUT2D eigenvalue weighted by molar-refractivity contribution is 7.92. The van der Waals surface area contributed by atoms with E-state index in [0.29, 0.717) is 13.2 Å². The van der Waals surface area contributed by atoms with Crippen LogP contribution in [0.2, 0.25) is 5.02 Å². The maximum Gasteiger partial charge on any atom is 0.253 e. The lowest BCUT2D eigenvalue weighted by Crippen LogP contribution is -2.38. The smallest absolute Gasteiger partial charge is 0.253 e. The molecule has 0 aliphatic rings. The van der Waals surface area contributed by atoms with Crippen LogP contribution >= 0.6 is 11.6 Å². The molecule has 2 aromatic carbocycles. The van der Waals surface area contributed by atoms with Crippen LogP contribution in [0, 0.1) is 0 Å². The van der Waals surface area contributed by atoms with Crippen LogP contribution in [0.25, 0.3) is 0 Å². The van der Waals surface area contributed by atoms with Gasteiger partial charge in [-0.1, -0.05) is 35.9 Å². The molecular formula is C19H22ClN3O5S. The molecule has 0 spiro atoms. The average molecular weight is 440 g/mol. The molecule has 0 saturated carbocycles. The molecule has 0 unspecified atom stereocenters. The number of rotatable bonds is 9. The summed E-state index contributed by atoms with van der Waals surface area (Å²) in [5.41, 5.74) is 0.707. The van der Waals surface area contributed by atoms with Crippen LogP contribution < -0.4 is 14.9 Å². The lowest BCUT2D eigenvalue weighted by molar-refractivity contribution is -0.114. The molecule has 10 heteroatoms. The Balaban J connectivity index is 2.19. The van der Waals surface area contributed by atoms with Crippen molar-refractivity contribution >= 4 is 44.8 Å². The quantitative estimate of drug-likeness (QED) is 0.582. The predicted molar refractivity (Wildman–Crippen MR) is 113 cm³/mol. The molecule has 0 heterocycles. The minimum absolute atomic E-state index is 0.192. The Morgan fingerprint density at radius 2 is 1.76 bits per heavy atom. The zero-order valence-electron chi connectivity index (χ0n) is 16.0. The third kappa shape index (κ3) is 6.45. The first kappa shape index (κ1) is 22.7. The van der Waals surface area contributed by atoms with E-state index in [4.69, 9.17) is 16.3 Å². The highest BCUT2D eigenvalue weighted by Gasteiger charge is 2.23. The summed E-state index contributed by atoms with van der Waals surface area (Å²) in [6.45, 7) is 0.162. The Bertz CT molecular complexity index is 981. The summed E-state index contributed by atoms with van der Waals surface area (Å²) in [5, 5.41) is 5.46. The number of ether oxygens (including phenoxy) is 1. The van der Waals surface area contributed by atoms with Gasteiger partial charge in [-0.25, -0.2) is 8.42 Å². The van der Waals surface area contributed by atoms with E-state index in [2.05, 4.69) is 10.6 Å². The number of benzene rings is 2. The first-order valence-electron chi connectivity index (χ1n) is 8.62. The van der Waals surface area contributed by atoms with Crippen molar-refractivity contribution in [3.63, 3.8) is 0 Å². The third-order valence-corrected chi connectivity index (χ3v) is 5.29. The maximum absolute atomic E-state index is 12.6. The number of carbonyl (C=O) groups excluding carboxylic acids is 2. The number of sulfonamides is 1. The topological polar surface area (TPSA) is 105 Å². The SMILES string of the molecule is COCCNC(=O)c1ccccc1NC(=O)CN(c1ccccc1Cl)S(C)(=O)=O. The number of methoxy groups -OCH3 is 1. The largest absolute Gasteiger partial charge is 0.383 e. The number of carbonyl (C=O) groups is 2. The molecule has 2 aromatic rings. The van der Waals surface area contributed by atoms with E-state index in [9.17, 15) is 18.0 Å². The van der Waals surface area contributed by atoms with Gasteiger partial charge in [-0.2, -0.15) is 0 Å². The molecule has 29 heavy (non-hydrogen) atoms. The third-order valence-electron chi connectivity index (χ3n) is 3.85. The molecule has 0 aliphatic heterocycles. The van der Waals surface area contributed by atoms with Crippen molar-refractivity contribution in [2.75, 3.05) is 42.7 Å². The van der Waals surface area contributed by atoms with E-state index >= 15 is 0 Å². The molecule has 2 rings (SSSR count). The summed E-state index contributed by atoms with van der Waals surface area (Å²) in [5.74, 6) is -1.00. The van der Waals surface area contributed by atoms with Crippen LogP contribution in [-0.4, -0.2) is 53.3 Å². The van der Waals surface area contributed by atoms with Gasteiger partial charge in [-0.3, -0.25) is 13.9 Å². The molecule has 2 amide bonds. The molecular weight excluding hydrogens is 418 g/mol. The van der Waals surface area contributed by atoms with Crippen LogP contribution in [0.5, 0.6) is 0 Å². The highest BCUT2D eigenvalue weighted by atomic mass is 35.5. The Morgan fingerprint density at radius 1 is 1.10 bits per heavy atom. The number of para-hydroxylation sites is 2. The van der Waals surface area contributed by atoms with E-state index in [0.717, 1.165) is 10.6 Å². The molecule has 0 aliphatic carbocycles. The molecule has 0 atom stereocenters. The number of halogens is 1. The second-order valence-corrected chi connectivity index (χ2v) is 8.38. The van der Waals surface area contributed by atoms with Crippen molar-refractivity contribution in [2.45, 2.75) is 0 Å². The zero-order chi connectivity index (χ0) is 21.4. The fraction of sp³-hybridized carbons (Fsp3) is 0.263. The van der Waals surface area contributed by atoms with Gasteiger partial charge in [0, 0.05) is 13.7 Å². The van der Waals surface area contributed by atoms with E-state index in [1.54, 1.807) is 36.4 Å². The second-order valence-electron chi connectivity index (χ2n) is 6.06. The summed E-state index contributed by atoms with van der Waals surface area (Å²) in [7, 11) is -2.25. The van der Waals surface area contributed by atoms with Crippen molar-refractivity contribution in [3.8, 4) is 0 Å². The van der Waals surface area contributed by atoms with Crippen molar-refractivity contribution in [1.82, 2.24) is 5.32 Å². The van der Waals surface area contributed by atoms with Gasteiger partial charge in [-0.05, 0) is 24.3 Å². The lowest BCUT2D eigenvalue weighted by atomic mass is 10.1. The Kier molecular flexibility index (Phi) is 8.00. The van der Waals surface area contributed by atoms with Gasteiger partial charge in [0.25, 0.3) is 5.91 Å². The standard InChI is InChI=1S/C19H22ClN3O5S/c1-28-12-11-21-19(25)14-7-3-5-9-16(14)22-18(24)13-23(29(2,26)27)17-10-6-4-8-15(17)20/h3-10H,11-13H2,1-2H3,(H,21,25)(H,22,24). The fourth-order valence-corrected chi connectivity index (χ4v) is 3.66. The van der Waals surface area contributed by atoms with Gasteiger partial charge in [0.05, 0.1) is 34.8 Å². The first-order chi connectivity index (χ1) is 13.7. The van der Waals surface area contributed by atoms with E-state index in [1.165, 1.54) is 19.2 Å². The highest BCUT2D eigenvalue weighted by Crippen LogP contribution is 2.27. The number of nitrogens with one attached hydrogen (secondary N) is 2.